The van der Waals surface area contributed by atoms with Crippen molar-refractivity contribution in [2.75, 3.05) is 17.1 Å². The van der Waals surface area contributed by atoms with Crippen LogP contribution in [0.15, 0.2) is 66.7 Å². The second-order valence-electron chi connectivity index (χ2n) is 9.59. The van der Waals surface area contributed by atoms with Crippen LogP contribution >= 0.6 is 46.4 Å². The highest BCUT2D eigenvalue weighted by Gasteiger charge is 2.34. The zero-order valence-electron chi connectivity index (χ0n) is 22.8. The lowest BCUT2D eigenvalue weighted by atomic mass is 10.0. The van der Waals surface area contributed by atoms with E-state index in [0.717, 1.165) is 16.1 Å². The average molecular weight is 659 g/mol. The molecule has 0 radical (unpaired) electrons. The molecule has 220 valence electrons. The van der Waals surface area contributed by atoms with E-state index >= 15 is 0 Å². The third kappa shape index (κ3) is 8.75. The van der Waals surface area contributed by atoms with Gasteiger partial charge in [-0.2, -0.15) is 0 Å². The summed E-state index contributed by atoms with van der Waals surface area (Å²) in [4.78, 5) is 29.2. The van der Waals surface area contributed by atoms with Gasteiger partial charge in [0.1, 0.15) is 12.6 Å². The number of carbonyl (C=O) groups is 2. The maximum Gasteiger partial charge on any atom is 0.244 e. The second kappa shape index (κ2) is 14.6. The molecule has 3 aromatic carbocycles. The molecule has 0 unspecified atom stereocenters. The van der Waals surface area contributed by atoms with Gasteiger partial charge in [-0.25, -0.2) is 8.42 Å². The summed E-state index contributed by atoms with van der Waals surface area (Å²) in [6.07, 6.45) is 1.79. The summed E-state index contributed by atoms with van der Waals surface area (Å²) >= 11 is 25.5. The van der Waals surface area contributed by atoms with Crippen molar-refractivity contribution in [3.05, 3.63) is 97.9 Å². The van der Waals surface area contributed by atoms with Crippen LogP contribution < -0.4 is 9.62 Å². The first-order chi connectivity index (χ1) is 19.3. The third-order valence-corrected chi connectivity index (χ3v) is 9.18. The lowest BCUT2D eigenvalue weighted by molar-refractivity contribution is -0.140. The van der Waals surface area contributed by atoms with E-state index in [4.69, 9.17) is 46.4 Å². The van der Waals surface area contributed by atoms with Gasteiger partial charge in [0.05, 0.1) is 22.0 Å². The van der Waals surface area contributed by atoms with Crippen molar-refractivity contribution >= 4 is 73.9 Å². The van der Waals surface area contributed by atoms with Gasteiger partial charge in [-0.15, -0.1) is 0 Å². The Labute approximate surface area is 261 Å². The molecule has 0 heterocycles. The smallest absolute Gasteiger partial charge is 0.244 e. The lowest BCUT2D eigenvalue weighted by Gasteiger charge is -2.34. The highest BCUT2D eigenvalue weighted by molar-refractivity contribution is 7.92. The minimum Gasteiger partial charge on any atom is -0.352 e. The van der Waals surface area contributed by atoms with Crippen molar-refractivity contribution in [1.29, 1.82) is 0 Å². The summed E-state index contributed by atoms with van der Waals surface area (Å²) in [5, 5.41) is 3.66. The van der Waals surface area contributed by atoms with Crippen LogP contribution in [0, 0.1) is 0 Å². The maximum absolute atomic E-state index is 14.2. The molecular weight excluding hydrogens is 628 g/mol. The Morgan fingerprint density at radius 1 is 0.878 bits per heavy atom. The van der Waals surface area contributed by atoms with E-state index in [9.17, 15) is 18.0 Å². The zero-order valence-corrected chi connectivity index (χ0v) is 26.6. The molecule has 0 fully saturated rings. The number of sulfonamides is 1. The molecule has 1 N–H and O–H groups in total. The third-order valence-electron chi connectivity index (χ3n) is 6.54. The monoisotopic (exact) mass is 657 g/mol. The number of hydrogen-bond donors (Lipinski definition) is 1. The Kier molecular flexibility index (Phi) is 11.8. The first kappa shape index (κ1) is 33.0. The maximum atomic E-state index is 14.2. The molecule has 0 saturated heterocycles. The van der Waals surface area contributed by atoms with Gasteiger partial charge in [0.15, 0.2) is 0 Å². The molecule has 3 aromatic rings. The predicted molar refractivity (Wildman–Crippen MR) is 167 cm³/mol. The number of hydrogen-bond acceptors (Lipinski definition) is 4. The van der Waals surface area contributed by atoms with Crippen molar-refractivity contribution in [3.8, 4) is 0 Å². The SMILES string of the molecule is CC[C@@H](C)NC(=O)[C@H](Cc1ccccc1)N(Cc1c(Cl)cccc1Cl)C(=O)CN(c1cccc(Cl)c1Cl)S(C)(=O)=O. The Hall–Kier alpha value is -2.49. The van der Waals surface area contributed by atoms with Crippen LogP contribution in [-0.4, -0.2) is 50.0 Å². The Morgan fingerprint density at radius 2 is 1.46 bits per heavy atom. The summed E-state index contributed by atoms with van der Waals surface area (Å²) in [5.41, 5.74) is 1.26. The highest BCUT2D eigenvalue weighted by atomic mass is 35.5. The second-order valence-corrected chi connectivity index (χ2v) is 13.1. The van der Waals surface area contributed by atoms with Crippen LogP contribution in [0.4, 0.5) is 5.69 Å². The average Bonchev–Trinajstić information content (AvgIpc) is 2.92. The molecule has 0 spiro atoms. The first-order valence-electron chi connectivity index (χ1n) is 12.8. The van der Waals surface area contributed by atoms with Crippen LogP contribution in [-0.2, 0) is 32.6 Å². The minimum absolute atomic E-state index is 0.0246. The molecule has 41 heavy (non-hydrogen) atoms. The van der Waals surface area contributed by atoms with Gasteiger partial charge in [0.25, 0.3) is 0 Å². The van der Waals surface area contributed by atoms with E-state index < -0.39 is 34.4 Å². The fraction of sp³-hybridized carbons (Fsp3) is 0.310. The van der Waals surface area contributed by atoms with Crippen molar-refractivity contribution in [2.24, 2.45) is 0 Å². The van der Waals surface area contributed by atoms with Gasteiger partial charge in [0.2, 0.25) is 21.8 Å². The van der Waals surface area contributed by atoms with E-state index in [1.54, 1.807) is 18.2 Å². The van der Waals surface area contributed by atoms with Crippen LogP contribution in [0.5, 0.6) is 0 Å². The fourth-order valence-electron chi connectivity index (χ4n) is 4.13. The standard InChI is InChI=1S/C29H31Cl4N3O4S/c1-4-19(2)34-29(38)26(16-20-10-6-5-7-11-20)35(17-21-22(30)12-8-13-23(21)31)27(37)18-36(41(3,39)40)25-15-9-14-24(32)28(25)33/h5-15,19,26H,4,16-18H2,1-3H3,(H,34,38)/t19-,26+/m1/s1. The number of rotatable bonds is 12. The summed E-state index contributed by atoms with van der Waals surface area (Å²) in [5.74, 6) is -1.06. The molecule has 2 atom stereocenters. The van der Waals surface area contributed by atoms with Crippen molar-refractivity contribution < 1.29 is 18.0 Å². The van der Waals surface area contributed by atoms with Gasteiger partial charge >= 0.3 is 0 Å². The fourth-order valence-corrected chi connectivity index (χ4v) is 5.95. The number of anilines is 1. The molecular formula is C29H31Cl4N3O4S. The molecule has 0 aliphatic carbocycles. The summed E-state index contributed by atoms with van der Waals surface area (Å²) in [6.45, 7) is 3.00. The first-order valence-corrected chi connectivity index (χ1v) is 16.2. The van der Waals surface area contributed by atoms with Crippen molar-refractivity contribution in [1.82, 2.24) is 10.2 Å². The Morgan fingerprint density at radius 3 is 2.05 bits per heavy atom. The Balaban J connectivity index is 2.13. The lowest BCUT2D eigenvalue weighted by Crippen LogP contribution is -2.54. The highest BCUT2D eigenvalue weighted by Crippen LogP contribution is 2.34. The van der Waals surface area contributed by atoms with Crippen LogP contribution in [0.1, 0.15) is 31.4 Å². The zero-order chi connectivity index (χ0) is 30.3. The van der Waals surface area contributed by atoms with Gasteiger partial charge in [-0.05, 0) is 43.2 Å². The van der Waals surface area contributed by atoms with E-state index in [2.05, 4.69) is 5.32 Å². The summed E-state index contributed by atoms with van der Waals surface area (Å²) in [7, 11) is -4.01. The largest absolute Gasteiger partial charge is 0.352 e. The molecule has 3 rings (SSSR count). The van der Waals surface area contributed by atoms with Gasteiger partial charge < -0.3 is 10.2 Å². The predicted octanol–water partition coefficient (Wildman–Crippen LogP) is 6.62. The van der Waals surface area contributed by atoms with E-state index in [1.165, 1.54) is 23.1 Å². The van der Waals surface area contributed by atoms with Crippen molar-refractivity contribution in [2.45, 2.75) is 45.3 Å². The minimum atomic E-state index is -4.01. The Bertz CT molecular complexity index is 1470. The molecule has 0 aliphatic rings. The van der Waals surface area contributed by atoms with E-state index in [1.807, 2.05) is 44.2 Å². The topological polar surface area (TPSA) is 86.8 Å². The van der Waals surface area contributed by atoms with Crippen LogP contribution in [0.25, 0.3) is 0 Å². The number of amides is 2. The van der Waals surface area contributed by atoms with Gasteiger partial charge in [0, 0.05) is 34.6 Å². The number of carbonyl (C=O) groups excluding carboxylic acids is 2. The number of nitrogens with zero attached hydrogens (tertiary/aromatic N) is 2. The molecule has 0 saturated carbocycles. The number of benzene rings is 3. The van der Waals surface area contributed by atoms with Crippen LogP contribution in [0.2, 0.25) is 20.1 Å². The molecule has 0 bridgehead atoms. The number of halogens is 4. The normalized spacial score (nSPS) is 12.9. The summed E-state index contributed by atoms with van der Waals surface area (Å²) < 4.78 is 26.7. The van der Waals surface area contributed by atoms with Gasteiger partial charge in [-0.1, -0.05) is 95.8 Å². The molecule has 2 amide bonds. The van der Waals surface area contributed by atoms with Gasteiger partial charge in [-0.3, -0.25) is 13.9 Å². The molecule has 0 aromatic heterocycles. The molecule has 7 nitrogen and oxygen atoms in total. The van der Waals surface area contributed by atoms with Crippen LogP contribution in [0.3, 0.4) is 0 Å². The van der Waals surface area contributed by atoms with E-state index in [0.29, 0.717) is 22.0 Å². The number of nitrogens with one attached hydrogen (secondary N) is 1. The molecule has 0 aliphatic heterocycles. The molecule has 12 heteroatoms. The summed E-state index contributed by atoms with van der Waals surface area (Å²) in [6, 6.07) is 17.5. The quantitative estimate of drug-likeness (QED) is 0.237. The van der Waals surface area contributed by atoms with E-state index in [-0.39, 0.29) is 34.7 Å². The van der Waals surface area contributed by atoms with Crippen molar-refractivity contribution in [3.63, 3.8) is 0 Å².